The van der Waals surface area contributed by atoms with Crippen molar-refractivity contribution >= 4 is 27.6 Å². The Kier molecular flexibility index (Phi) is 5.35. The maximum absolute atomic E-state index is 13.7. The molecule has 0 fully saturated rings. The predicted molar refractivity (Wildman–Crippen MR) is 132 cm³/mol. The molecule has 0 spiro atoms. The van der Waals surface area contributed by atoms with Crippen LogP contribution in [0.1, 0.15) is 34.0 Å². The van der Waals surface area contributed by atoms with Gasteiger partial charge >= 0.3 is 6.03 Å². The number of anilines is 1. The lowest BCUT2D eigenvalue weighted by Gasteiger charge is -2.32. The summed E-state index contributed by atoms with van der Waals surface area (Å²) in [5, 5.41) is 3.14. The fourth-order valence-electron chi connectivity index (χ4n) is 4.48. The van der Waals surface area contributed by atoms with Gasteiger partial charge in [0.05, 0.1) is 12.2 Å². The number of hydrogen-bond donors (Lipinski definition) is 1. The molecule has 1 aliphatic heterocycles. The summed E-state index contributed by atoms with van der Waals surface area (Å²) >= 11 is 3.54. The van der Waals surface area contributed by atoms with Crippen LogP contribution in [-0.2, 0) is 6.54 Å². The average molecular weight is 486 g/mol. The van der Waals surface area contributed by atoms with Crippen molar-refractivity contribution in [2.75, 3.05) is 5.32 Å². The number of aryl methyl sites for hydroxylation is 2. The molecule has 1 aliphatic rings. The van der Waals surface area contributed by atoms with Gasteiger partial charge in [-0.15, -0.1) is 0 Å². The van der Waals surface area contributed by atoms with Crippen LogP contribution >= 0.6 is 15.9 Å². The van der Waals surface area contributed by atoms with Gasteiger partial charge in [-0.05, 0) is 72.5 Å². The van der Waals surface area contributed by atoms with Gasteiger partial charge in [0.2, 0.25) is 0 Å². The first-order chi connectivity index (χ1) is 15.5. The lowest BCUT2D eigenvalue weighted by Crippen LogP contribution is -2.38. The number of rotatable bonds is 2. The van der Waals surface area contributed by atoms with Crippen LogP contribution in [0.2, 0.25) is 0 Å². The van der Waals surface area contributed by atoms with Crippen molar-refractivity contribution in [2.45, 2.75) is 26.4 Å². The number of urea groups is 1. The number of nitrogens with one attached hydrogen (secondary N) is 1. The van der Waals surface area contributed by atoms with E-state index in [1.165, 1.54) is 0 Å². The van der Waals surface area contributed by atoms with E-state index in [-0.39, 0.29) is 12.1 Å². The predicted octanol–water partition coefficient (Wildman–Crippen LogP) is 6.99. The maximum atomic E-state index is 13.7. The first kappa shape index (κ1) is 20.6. The van der Waals surface area contributed by atoms with E-state index in [9.17, 15) is 4.79 Å². The van der Waals surface area contributed by atoms with Crippen LogP contribution in [-0.4, -0.2) is 15.5 Å². The Morgan fingerprint density at radius 2 is 1.72 bits per heavy atom. The molecule has 32 heavy (non-hydrogen) atoms. The largest absolute Gasteiger partial charge is 0.322 e. The smallest absolute Gasteiger partial charge is 0.318 e. The fraction of sp³-hybridized carbons (Fsp3) is 0.148. The third-order valence-corrected chi connectivity index (χ3v) is 7.01. The van der Waals surface area contributed by atoms with Gasteiger partial charge in [0.1, 0.15) is 6.04 Å². The fourth-order valence-corrected chi connectivity index (χ4v) is 4.72. The molecule has 1 N–H and O–H groups in total. The number of hydrogen-bond acceptors (Lipinski definition) is 1. The highest BCUT2D eigenvalue weighted by atomic mass is 79.9. The molecule has 5 heteroatoms. The van der Waals surface area contributed by atoms with Crippen molar-refractivity contribution in [1.82, 2.24) is 9.47 Å². The van der Waals surface area contributed by atoms with Gasteiger partial charge in [-0.3, -0.25) is 0 Å². The number of nitrogens with zero attached hydrogens (tertiary/aromatic N) is 2. The SMILES string of the molecule is Cc1cc(NC(=O)N2Cc3ccccc3-n3cccc3[C@@H]2c2ccccc2C)ccc1Br. The normalized spacial score (nSPS) is 15.0. The monoisotopic (exact) mass is 485 g/mol. The van der Waals surface area contributed by atoms with E-state index in [0.717, 1.165) is 43.8 Å². The summed E-state index contributed by atoms with van der Waals surface area (Å²) in [6.45, 7) is 4.64. The van der Waals surface area contributed by atoms with Crippen LogP contribution in [0.4, 0.5) is 10.5 Å². The van der Waals surface area contributed by atoms with E-state index >= 15 is 0 Å². The van der Waals surface area contributed by atoms with Gasteiger partial charge in [0, 0.05) is 22.1 Å². The second kappa shape index (κ2) is 8.32. The molecule has 3 aromatic carbocycles. The summed E-state index contributed by atoms with van der Waals surface area (Å²) in [7, 11) is 0. The van der Waals surface area contributed by atoms with Crippen LogP contribution in [0.25, 0.3) is 5.69 Å². The van der Waals surface area contributed by atoms with Gasteiger partial charge in [0.25, 0.3) is 0 Å². The Morgan fingerprint density at radius 1 is 0.938 bits per heavy atom. The zero-order valence-corrected chi connectivity index (χ0v) is 19.6. The molecular formula is C27H24BrN3O. The maximum Gasteiger partial charge on any atom is 0.322 e. The number of aromatic nitrogens is 1. The molecule has 1 aromatic heterocycles. The number of carbonyl (C=O) groups excluding carboxylic acids is 1. The lowest BCUT2D eigenvalue weighted by molar-refractivity contribution is 0.194. The van der Waals surface area contributed by atoms with Gasteiger partial charge in [0.15, 0.2) is 0 Å². The Morgan fingerprint density at radius 3 is 2.53 bits per heavy atom. The molecule has 160 valence electrons. The molecule has 0 bridgehead atoms. The average Bonchev–Trinajstić information content (AvgIpc) is 3.21. The van der Waals surface area contributed by atoms with Crippen LogP contribution in [0.3, 0.4) is 0 Å². The van der Waals surface area contributed by atoms with Crippen molar-refractivity contribution in [3.63, 3.8) is 0 Å². The molecule has 0 radical (unpaired) electrons. The lowest BCUT2D eigenvalue weighted by atomic mass is 9.97. The van der Waals surface area contributed by atoms with E-state index in [1.54, 1.807) is 0 Å². The summed E-state index contributed by atoms with van der Waals surface area (Å²) in [5.41, 5.74) is 7.45. The Balaban J connectivity index is 1.64. The Hall–Kier alpha value is -3.31. The molecule has 4 aromatic rings. The molecule has 1 atom stereocenters. The third-order valence-electron chi connectivity index (χ3n) is 6.12. The molecule has 5 rings (SSSR count). The van der Waals surface area contributed by atoms with Crippen LogP contribution in [0, 0.1) is 13.8 Å². The van der Waals surface area contributed by atoms with Crippen molar-refractivity contribution < 1.29 is 4.79 Å². The summed E-state index contributed by atoms with van der Waals surface area (Å²) in [5.74, 6) is 0. The number of amides is 2. The summed E-state index contributed by atoms with van der Waals surface area (Å²) < 4.78 is 3.23. The number of carbonyl (C=O) groups is 1. The molecule has 0 aliphatic carbocycles. The van der Waals surface area contributed by atoms with Crippen LogP contribution in [0.15, 0.2) is 89.5 Å². The zero-order chi connectivity index (χ0) is 22.2. The first-order valence-corrected chi connectivity index (χ1v) is 11.5. The van der Waals surface area contributed by atoms with E-state index in [1.807, 2.05) is 54.3 Å². The Bertz CT molecular complexity index is 1310. The zero-order valence-electron chi connectivity index (χ0n) is 18.0. The van der Waals surface area contributed by atoms with Crippen LogP contribution in [0.5, 0.6) is 0 Å². The molecule has 0 unspecified atom stereocenters. The quantitative estimate of drug-likeness (QED) is 0.326. The van der Waals surface area contributed by atoms with Gasteiger partial charge in [-0.25, -0.2) is 4.79 Å². The van der Waals surface area contributed by atoms with E-state index in [4.69, 9.17) is 0 Å². The van der Waals surface area contributed by atoms with Crippen molar-refractivity contribution in [3.05, 3.63) is 117 Å². The molecule has 4 nitrogen and oxygen atoms in total. The molecular weight excluding hydrogens is 462 g/mol. The van der Waals surface area contributed by atoms with Crippen molar-refractivity contribution in [1.29, 1.82) is 0 Å². The summed E-state index contributed by atoms with van der Waals surface area (Å²) in [6, 6.07) is 26.3. The number of halogens is 1. The highest BCUT2D eigenvalue weighted by Gasteiger charge is 2.33. The minimum Gasteiger partial charge on any atom is -0.318 e. The van der Waals surface area contributed by atoms with Gasteiger partial charge < -0.3 is 14.8 Å². The van der Waals surface area contributed by atoms with Crippen LogP contribution < -0.4 is 5.32 Å². The molecule has 2 amide bonds. The number of para-hydroxylation sites is 1. The van der Waals surface area contributed by atoms with Gasteiger partial charge in [-0.2, -0.15) is 0 Å². The topological polar surface area (TPSA) is 37.3 Å². The first-order valence-electron chi connectivity index (χ1n) is 10.7. The minimum absolute atomic E-state index is 0.121. The third kappa shape index (κ3) is 3.63. The Labute approximate surface area is 196 Å². The second-order valence-corrected chi connectivity index (χ2v) is 9.07. The standard InChI is InChI=1S/C27H24BrN3O/c1-18-8-3-5-10-22(18)26-25-12-7-15-30(25)24-11-6-4-9-20(24)17-31(26)27(32)29-21-13-14-23(28)19(2)16-21/h3-16,26H,17H2,1-2H3,(H,29,32)/t26-/m0/s1. The summed E-state index contributed by atoms with van der Waals surface area (Å²) in [6.07, 6.45) is 2.08. The molecule has 0 saturated heterocycles. The number of fused-ring (bicyclic) bond motifs is 3. The van der Waals surface area contributed by atoms with Crippen molar-refractivity contribution in [2.24, 2.45) is 0 Å². The van der Waals surface area contributed by atoms with Gasteiger partial charge in [-0.1, -0.05) is 58.4 Å². The van der Waals surface area contributed by atoms with E-state index in [0.29, 0.717) is 6.54 Å². The van der Waals surface area contributed by atoms with E-state index in [2.05, 4.69) is 75.3 Å². The molecule has 0 saturated carbocycles. The molecule has 2 heterocycles. The number of benzene rings is 3. The second-order valence-electron chi connectivity index (χ2n) is 8.21. The van der Waals surface area contributed by atoms with E-state index < -0.39 is 0 Å². The van der Waals surface area contributed by atoms with Crippen molar-refractivity contribution in [3.8, 4) is 5.69 Å². The highest BCUT2D eigenvalue weighted by molar-refractivity contribution is 9.10. The highest BCUT2D eigenvalue weighted by Crippen LogP contribution is 2.38. The minimum atomic E-state index is -0.213. The summed E-state index contributed by atoms with van der Waals surface area (Å²) in [4.78, 5) is 15.7.